The van der Waals surface area contributed by atoms with Crippen LogP contribution >= 0.6 is 0 Å². The Morgan fingerprint density at radius 2 is 2.00 bits per heavy atom. The molecule has 0 aliphatic heterocycles. The van der Waals surface area contributed by atoms with Crippen molar-refractivity contribution in [1.29, 1.82) is 0 Å². The van der Waals surface area contributed by atoms with Crippen LogP contribution in [0.2, 0.25) is 0 Å². The molecular formula is C13H22N2. The number of aryl methyl sites for hydroxylation is 1. The summed E-state index contributed by atoms with van der Waals surface area (Å²) >= 11 is 0. The van der Waals surface area contributed by atoms with Crippen molar-refractivity contribution < 1.29 is 0 Å². The van der Waals surface area contributed by atoms with Crippen LogP contribution in [0.3, 0.4) is 0 Å². The fraction of sp³-hybridized carbons (Fsp3) is 0.538. The zero-order valence-electron chi connectivity index (χ0n) is 10.0. The van der Waals surface area contributed by atoms with Crippen molar-refractivity contribution in [3.05, 3.63) is 35.4 Å². The first-order chi connectivity index (χ1) is 7.09. The molecule has 0 aromatic heterocycles. The molecule has 1 aromatic carbocycles. The smallest absolute Gasteiger partial charge is 0.0233 e. The van der Waals surface area contributed by atoms with E-state index in [2.05, 4.69) is 50.1 Å². The van der Waals surface area contributed by atoms with Gasteiger partial charge in [0.05, 0.1) is 0 Å². The Morgan fingerprint density at radius 3 is 2.60 bits per heavy atom. The maximum absolute atomic E-state index is 5.74. The number of hydrogen-bond acceptors (Lipinski definition) is 2. The van der Waals surface area contributed by atoms with Crippen LogP contribution in [0, 0.1) is 6.92 Å². The van der Waals surface area contributed by atoms with Gasteiger partial charge in [-0.2, -0.15) is 0 Å². The summed E-state index contributed by atoms with van der Waals surface area (Å²) in [4.78, 5) is 2.33. The zero-order chi connectivity index (χ0) is 11.3. The molecule has 1 aromatic rings. The summed E-state index contributed by atoms with van der Waals surface area (Å²) in [5, 5.41) is 0. The molecule has 0 saturated heterocycles. The van der Waals surface area contributed by atoms with Crippen LogP contribution in [0.1, 0.15) is 24.5 Å². The van der Waals surface area contributed by atoms with Crippen LogP contribution in [0.25, 0.3) is 0 Å². The van der Waals surface area contributed by atoms with Crippen LogP contribution in [-0.2, 0) is 6.54 Å². The van der Waals surface area contributed by atoms with Crippen LogP contribution in [0.15, 0.2) is 24.3 Å². The summed E-state index contributed by atoms with van der Waals surface area (Å²) in [6, 6.07) is 8.83. The van der Waals surface area contributed by atoms with E-state index < -0.39 is 0 Å². The minimum absolute atomic E-state index is 0.296. The molecule has 1 rings (SSSR count). The molecule has 0 fully saturated rings. The van der Waals surface area contributed by atoms with Crippen molar-refractivity contribution >= 4 is 0 Å². The van der Waals surface area contributed by atoms with Crippen LogP contribution in [0.4, 0.5) is 0 Å². The molecule has 2 heteroatoms. The van der Waals surface area contributed by atoms with Crippen molar-refractivity contribution in [2.45, 2.75) is 32.9 Å². The first-order valence-electron chi connectivity index (χ1n) is 5.58. The summed E-state index contributed by atoms with van der Waals surface area (Å²) in [5.74, 6) is 0. The second kappa shape index (κ2) is 5.89. The highest BCUT2D eigenvalue weighted by atomic mass is 15.1. The third-order valence-corrected chi connectivity index (χ3v) is 2.67. The van der Waals surface area contributed by atoms with Gasteiger partial charge < -0.3 is 10.6 Å². The molecule has 84 valence electrons. The molecule has 0 aliphatic rings. The van der Waals surface area contributed by atoms with E-state index in [9.17, 15) is 0 Å². The number of hydrogen-bond donors (Lipinski definition) is 1. The lowest BCUT2D eigenvalue weighted by Gasteiger charge is -2.18. The Bertz CT molecular complexity index is 294. The van der Waals surface area contributed by atoms with Crippen molar-refractivity contribution in [2.24, 2.45) is 5.73 Å². The van der Waals surface area contributed by atoms with E-state index in [1.807, 2.05) is 0 Å². The van der Waals surface area contributed by atoms with Gasteiger partial charge in [-0.3, -0.25) is 0 Å². The van der Waals surface area contributed by atoms with Gasteiger partial charge in [-0.15, -0.1) is 0 Å². The van der Waals surface area contributed by atoms with Gasteiger partial charge in [-0.05, 0) is 45.0 Å². The first-order valence-corrected chi connectivity index (χ1v) is 5.58. The van der Waals surface area contributed by atoms with E-state index in [-0.39, 0.29) is 0 Å². The summed E-state index contributed by atoms with van der Waals surface area (Å²) < 4.78 is 0. The molecule has 0 aliphatic carbocycles. The number of nitrogens with two attached hydrogens (primary N) is 1. The molecule has 0 spiro atoms. The Labute approximate surface area is 93.1 Å². The molecule has 0 radical (unpaired) electrons. The van der Waals surface area contributed by atoms with Crippen molar-refractivity contribution in [3.63, 3.8) is 0 Å². The highest BCUT2D eigenvalue weighted by molar-refractivity contribution is 5.25. The zero-order valence-corrected chi connectivity index (χ0v) is 10.0. The van der Waals surface area contributed by atoms with Crippen molar-refractivity contribution in [1.82, 2.24) is 4.90 Å². The monoisotopic (exact) mass is 206 g/mol. The lowest BCUT2D eigenvalue weighted by molar-refractivity contribution is 0.313. The second-order valence-corrected chi connectivity index (χ2v) is 4.43. The average Bonchev–Trinajstić information content (AvgIpc) is 2.18. The summed E-state index contributed by atoms with van der Waals surface area (Å²) in [6.07, 6.45) is 1.06. The Kier molecular flexibility index (Phi) is 4.79. The molecule has 1 unspecified atom stereocenters. The SMILES string of the molecule is Cc1ccccc1CN(C)CCC(C)N. The fourth-order valence-corrected chi connectivity index (χ4v) is 1.58. The van der Waals surface area contributed by atoms with E-state index >= 15 is 0 Å². The molecule has 0 bridgehead atoms. The van der Waals surface area contributed by atoms with Gasteiger partial charge in [-0.1, -0.05) is 24.3 Å². The third-order valence-electron chi connectivity index (χ3n) is 2.67. The number of benzene rings is 1. The second-order valence-electron chi connectivity index (χ2n) is 4.43. The fourth-order valence-electron chi connectivity index (χ4n) is 1.58. The molecule has 0 saturated carbocycles. The third kappa shape index (κ3) is 4.45. The molecule has 15 heavy (non-hydrogen) atoms. The molecule has 0 heterocycles. The van der Waals surface area contributed by atoms with E-state index in [1.54, 1.807) is 0 Å². The standard InChI is InChI=1S/C13H22N2/c1-11-6-4-5-7-13(11)10-15(3)9-8-12(2)14/h4-7,12H,8-10,14H2,1-3H3. The topological polar surface area (TPSA) is 29.3 Å². The molecule has 0 amide bonds. The minimum atomic E-state index is 0.296. The lowest BCUT2D eigenvalue weighted by atomic mass is 10.1. The van der Waals surface area contributed by atoms with Crippen LogP contribution in [-0.4, -0.2) is 24.5 Å². The molecule has 2 N–H and O–H groups in total. The maximum atomic E-state index is 5.74. The van der Waals surface area contributed by atoms with Gasteiger partial charge in [0.15, 0.2) is 0 Å². The molecule has 2 nitrogen and oxygen atoms in total. The quantitative estimate of drug-likeness (QED) is 0.800. The van der Waals surface area contributed by atoms with Crippen LogP contribution in [0.5, 0.6) is 0 Å². The Balaban J connectivity index is 2.44. The predicted molar refractivity (Wildman–Crippen MR) is 65.8 cm³/mol. The maximum Gasteiger partial charge on any atom is 0.0233 e. The van der Waals surface area contributed by atoms with Crippen LogP contribution < -0.4 is 5.73 Å². The van der Waals surface area contributed by atoms with Gasteiger partial charge in [0.1, 0.15) is 0 Å². The lowest BCUT2D eigenvalue weighted by Crippen LogP contribution is -2.26. The van der Waals surface area contributed by atoms with E-state index in [0.29, 0.717) is 6.04 Å². The highest BCUT2D eigenvalue weighted by Gasteiger charge is 2.03. The first kappa shape index (κ1) is 12.2. The van der Waals surface area contributed by atoms with Crippen molar-refractivity contribution in [3.8, 4) is 0 Å². The summed E-state index contributed by atoms with van der Waals surface area (Å²) in [7, 11) is 2.15. The van der Waals surface area contributed by atoms with E-state index in [1.165, 1.54) is 11.1 Å². The van der Waals surface area contributed by atoms with E-state index in [0.717, 1.165) is 19.5 Å². The number of nitrogens with zero attached hydrogens (tertiary/aromatic N) is 1. The Morgan fingerprint density at radius 1 is 1.33 bits per heavy atom. The molecule has 1 atom stereocenters. The summed E-state index contributed by atoms with van der Waals surface area (Å²) in [6.45, 7) is 6.29. The average molecular weight is 206 g/mol. The van der Waals surface area contributed by atoms with E-state index in [4.69, 9.17) is 5.73 Å². The van der Waals surface area contributed by atoms with Gasteiger partial charge in [0.25, 0.3) is 0 Å². The molecular weight excluding hydrogens is 184 g/mol. The van der Waals surface area contributed by atoms with Gasteiger partial charge in [0, 0.05) is 12.6 Å². The predicted octanol–water partition coefficient (Wildman–Crippen LogP) is 2.16. The Hall–Kier alpha value is -0.860. The highest BCUT2D eigenvalue weighted by Crippen LogP contribution is 2.09. The number of rotatable bonds is 5. The largest absolute Gasteiger partial charge is 0.328 e. The van der Waals surface area contributed by atoms with Gasteiger partial charge in [-0.25, -0.2) is 0 Å². The minimum Gasteiger partial charge on any atom is -0.328 e. The summed E-state index contributed by atoms with van der Waals surface area (Å²) in [5.41, 5.74) is 8.51. The normalized spacial score (nSPS) is 13.1. The van der Waals surface area contributed by atoms with Gasteiger partial charge in [0.2, 0.25) is 0 Å². The van der Waals surface area contributed by atoms with Gasteiger partial charge >= 0.3 is 0 Å². The van der Waals surface area contributed by atoms with Crippen molar-refractivity contribution in [2.75, 3.05) is 13.6 Å².